The van der Waals surface area contributed by atoms with E-state index in [0.717, 1.165) is 89.4 Å². The van der Waals surface area contributed by atoms with Crippen molar-refractivity contribution in [2.75, 3.05) is 0 Å². The number of nitrogens with zero attached hydrogens (tertiary/aromatic N) is 3. The third kappa shape index (κ3) is 5.13. The number of benzene rings is 4. The quantitative estimate of drug-likeness (QED) is 0.201. The molecule has 7 aromatic rings. The van der Waals surface area contributed by atoms with Gasteiger partial charge >= 0.3 is 0 Å². The van der Waals surface area contributed by atoms with Crippen LogP contribution in [-0.2, 0) is 0 Å². The second kappa shape index (κ2) is 12.2. The SMILES string of the molecule is N#Cc1cccc(-c2c3nc(c(-c4ccccc4)c4ccc([nH]4)c(-c4ccccc4)c4nc(c(-c5ccccc5)c5ccc2[nH]5)C=C4)C=C3)c1. The molecule has 5 heterocycles. The number of rotatable bonds is 4. The lowest BCUT2D eigenvalue weighted by Crippen LogP contribution is -1.90. The number of fused-ring (bicyclic) bond motifs is 8. The van der Waals surface area contributed by atoms with Gasteiger partial charge in [-0.25, -0.2) is 9.97 Å². The minimum atomic E-state index is 0.590. The van der Waals surface area contributed by atoms with Crippen molar-refractivity contribution in [3.05, 3.63) is 168 Å². The van der Waals surface area contributed by atoms with Gasteiger partial charge in [0.25, 0.3) is 0 Å². The number of aromatic nitrogens is 4. The highest BCUT2D eigenvalue weighted by atomic mass is 14.8. The number of nitriles is 1. The van der Waals surface area contributed by atoms with Crippen molar-refractivity contribution in [1.29, 1.82) is 5.26 Å². The van der Waals surface area contributed by atoms with Gasteiger partial charge in [-0.2, -0.15) is 5.26 Å². The normalized spacial score (nSPS) is 11.8. The molecule has 2 aliphatic heterocycles. The highest BCUT2D eigenvalue weighted by Crippen LogP contribution is 2.38. The average molecular weight is 640 g/mol. The standard InChI is InChI=1S/C45H29N5/c46-28-29-11-10-18-33(27-29)45-40-25-23-38(49-40)43(31-14-6-2-7-15-31)36-21-19-34(47-36)42(30-12-4-1-5-13-30)35-20-22-37(48-35)44(32-16-8-3-9-17-32)39-24-26-41(45)50-39/h1-27,47,50H. The number of hydrogen-bond donors (Lipinski definition) is 2. The minimum absolute atomic E-state index is 0.590. The molecule has 0 amide bonds. The van der Waals surface area contributed by atoms with Gasteiger partial charge in [-0.15, -0.1) is 0 Å². The molecule has 3 aromatic heterocycles. The summed E-state index contributed by atoms with van der Waals surface area (Å²) in [4.78, 5) is 18.2. The fourth-order valence-electron chi connectivity index (χ4n) is 6.98. The Balaban J connectivity index is 1.48. The van der Waals surface area contributed by atoms with E-state index in [1.165, 1.54) is 0 Å². The second-order valence-corrected chi connectivity index (χ2v) is 12.3. The monoisotopic (exact) mass is 639 g/mol. The average Bonchev–Trinajstić information content (AvgIpc) is 4.01. The van der Waals surface area contributed by atoms with Crippen LogP contribution in [0.1, 0.15) is 28.3 Å². The molecule has 0 aliphatic carbocycles. The molecule has 0 atom stereocenters. The summed E-state index contributed by atoms with van der Waals surface area (Å²) in [6, 6.07) is 49.7. The fourth-order valence-corrected chi connectivity index (χ4v) is 6.98. The molecular weight excluding hydrogens is 611 g/mol. The molecule has 0 spiro atoms. The molecule has 2 aliphatic rings. The third-order valence-electron chi connectivity index (χ3n) is 9.22. The maximum atomic E-state index is 9.82. The highest BCUT2D eigenvalue weighted by molar-refractivity contribution is 5.99. The van der Waals surface area contributed by atoms with E-state index in [1.807, 2.05) is 42.5 Å². The molecule has 0 fully saturated rings. The molecule has 234 valence electrons. The van der Waals surface area contributed by atoms with E-state index in [1.54, 1.807) is 0 Å². The van der Waals surface area contributed by atoms with Crippen LogP contribution in [-0.4, -0.2) is 19.9 Å². The van der Waals surface area contributed by atoms with E-state index in [2.05, 4.69) is 137 Å². The van der Waals surface area contributed by atoms with Crippen LogP contribution < -0.4 is 0 Å². The lowest BCUT2D eigenvalue weighted by molar-refractivity contribution is 1.31. The van der Waals surface area contributed by atoms with E-state index in [4.69, 9.17) is 9.97 Å². The lowest BCUT2D eigenvalue weighted by Gasteiger charge is -2.07. The Morgan fingerprint density at radius 3 is 1.08 bits per heavy atom. The Hall–Kier alpha value is -7.03. The summed E-state index contributed by atoms with van der Waals surface area (Å²) < 4.78 is 0. The topological polar surface area (TPSA) is 81.2 Å². The Labute approximate surface area is 289 Å². The van der Waals surface area contributed by atoms with Crippen LogP contribution in [0.15, 0.2) is 140 Å². The number of aromatic amines is 2. The first-order chi connectivity index (χ1) is 24.7. The number of nitrogens with one attached hydrogen (secondary N) is 2. The van der Waals surface area contributed by atoms with Gasteiger partial charge in [-0.05, 0) is 83.0 Å². The van der Waals surface area contributed by atoms with Gasteiger partial charge in [0, 0.05) is 44.3 Å². The van der Waals surface area contributed by atoms with E-state index < -0.39 is 0 Å². The predicted octanol–water partition coefficient (Wildman–Crippen LogP) is 11.2. The largest absolute Gasteiger partial charge is 0.354 e. The van der Waals surface area contributed by atoms with Gasteiger partial charge in [-0.1, -0.05) is 103 Å². The first-order valence-corrected chi connectivity index (χ1v) is 16.6. The van der Waals surface area contributed by atoms with Gasteiger partial charge in [0.15, 0.2) is 0 Å². The van der Waals surface area contributed by atoms with E-state index in [0.29, 0.717) is 5.56 Å². The summed E-state index contributed by atoms with van der Waals surface area (Å²) in [5.41, 5.74) is 15.7. The molecular formula is C45H29N5. The molecule has 50 heavy (non-hydrogen) atoms. The van der Waals surface area contributed by atoms with Crippen LogP contribution in [0.5, 0.6) is 0 Å². The number of hydrogen-bond acceptors (Lipinski definition) is 3. The van der Waals surface area contributed by atoms with Crippen LogP contribution in [0, 0.1) is 11.3 Å². The second-order valence-electron chi connectivity index (χ2n) is 12.3. The molecule has 9 rings (SSSR count). The number of H-pyrrole nitrogens is 2. The summed E-state index contributed by atoms with van der Waals surface area (Å²) >= 11 is 0. The van der Waals surface area contributed by atoms with Gasteiger partial charge in [0.2, 0.25) is 0 Å². The summed E-state index contributed by atoms with van der Waals surface area (Å²) in [5, 5.41) is 9.82. The molecule has 5 nitrogen and oxygen atoms in total. The predicted molar refractivity (Wildman–Crippen MR) is 205 cm³/mol. The molecule has 0 saturated carbocycles. The third-order valence-corrected chi connectivity index (χ3v) is 9.22. The van der Waals surface area contributed by atoms with Gasteiger partial charge < -0.3 is 9.97 Å². The van der Waals surface area contributed by atoms with Crippen LogP contribution in [0.3, 0.4) is 0 Å². The Kier molecular flexibility index (Phi) is 7.11. The van der Waals surface area contributed by atoms with Crippen LogP contribution in [0.25, 0.3) is 90.9 Å². The Morgan fingerprint density at radius 2 is 0.720 bits per heavy atom. The zero-order valence-corrected chi connectivity index (χ0v) is 26.9. The van der Waals surface area contributed by atoms with Crippen LogP contribution >= 0.6 is 0 Å². The molecule has 5 heteroatoms. The van der Waals surface area contributed by atoms with Crippen molar-refractivity contribution >= 4 is 46.4 Å². The Morgan fingerprint density at radius 1 is 0.380 bits per heavy atom. The molecule has 0 radical (unpaired) electrons. The molecule has 0 unspecified atom stereocenters. The molecule has 4 aromatic carbocycles. The summed E-state index contributed by atoms with van der Waals surface area (Å²) in [7, 11) is 0. The minimum Gasteiger partial charge on any atom is -0.354 e. The van der Waals surface area contributed by atoms with Crippen molar-refractivity contribution in [2.45, 2.75) is 0 Å². The van der Waals surface area contributed by atoms with Gasteiger partial charge in [-0.3, -0.25) is 0 Å². The lowest BCUT2D eigenvalue weighted by atomic mass is 10.0. The van der Waals surface area contributed by atoms with E-state index in [-0.39, 0.29) is 0 Å². The van der Waals surface area contributed by atoms with Crippen molar-refractivity contribution in [3.63, 3.8) is 0 Å². The fraction of sp³-hybridized carbons (Fsp3) is 0. The van der Waals surface area contributed by atoms with Crippen molar-refractivity contribution in [1.82, 2.24) is 19.9 Å². The maximum Gasteiger partial charge on any atom is 0.0991 e. The van der Waals surface area contributed by atoms with Crippen LogP contribution in [0.4, 0.5) is 0 Å². The summed E-state index contributed by atoms with van der Waals surface area (Å²) in [6.45, 7) is 0. The van der Waals surface area contributed by atoms with Gasteiger partial charge in [0.1, 0.15) is 0 Å². The zero-order valence-electron chi connectivity index (χ0n) is 26.9. The zero-order chi connectivity index (χ0) is 33.4. The van der Waals surface area contributed by atoms with Gasteiger partial charge in [0.05, 0.1) is 34.4 Å². The first kappa shape index (κ1) is 29.1. The molecule has 0 saturated heterocycles. The first-order valence-electron chi connectivity index (χ1n) is 16.6. The summed E-state index contributed by atoms with van der Waals surface area (Å²) in [6.07, 6.45) is 8.38. The maximum absolute atomic E-state index is 9.82. The van der Waals surface area contributed by atoms with Crippen molar-refractivity contribution in [2.24, 2.45) is 0 Å². The van der Waals surface area contributed by atoms with Crippen molar-refractivity contribution < 1.29 is 0 Å². The molecule has 8 bridgehead atoms. The molecule has 2 N–H and O–H groups in total. The summed E-state index contributed by atoms with van der Waals surface area (Å²) in [5.74, 6) is 0. The van der Waals surface area contributed by atoms with Crippen molar-refractivity contribution in [3.8, 4) is 50.6 Å². The smallest absolute Gasteiger partial charge is 0.0991 e. The van der Waals surface area contributed by atoms with E-state index >= 15 is 0 Å². The highest BCUT2D eigenvalue weighted by Gasteiger charge is 2.18. The van der Waals surface area contributed by atoms with E-state index in [9.17, 15) is 5.26 Å². The van der Waals surface area contributed by atoms with Crippen LogP contribution in [0.2, 0.25) is 0 Å². The Bertz CT molecular complexity index is 2650.